The van der Waals surface area contributed by atoms with E-state index in [2.05, 4.69) is 23.2 Å². The fraction of sp³-hybridized carbons (Fsp3) is 0.625. The molecule has 5 heteroatoms. The highest BCUT2D eigenvalue weighted by atomic mass is 16.5. The molecule has 1 unspecified atom stereocenters. The van der Waals surface area contributed by atoms with E-state index >= 15 is 0 Å². The number of aliphatic hydroxyl groups is 1. The van der Waals surface area contributed by atoms with Gasteiger partial charge in [-0.05, 0) is 44.0 Å². The number of aliphatic hydroxyl groups excluding tert-OH is 1. The monoisotopic (exact) mass is 293 g/mol. The molecule has 0 aliphatic carbocycles. The molecule has 1 aromatic rings. The molecule has 1 aliphatic rings. The largest absolute Gasteiger partial charge is 0.491 e. The van der Waals surface area contributed by atoms with Crippen LogP contribution in [0.3, 0.4) is 0 Å². The number of piperazine rings is 1. The maximum Gasteiger partial charge on any atom is 0.142 e. The summed E-state index contributed by atoms with van der Waals surface area (Å²) in [5, 5.41) is 12.6. The number of nitrogens with two attached hydrogens (primary N) is 1. The van der Waals surface area contributed by atoms with E-state index in [0.717, 1.165) is 43.1 Å². The van der Waals surface area contributed by atoms with Gasteiger partial charge >= 0.3 is 0 Å². The van der Waals surface area contributed by atoms with E-state index in [1.54, 1.807) is 0 Å². The summed E-state index contributed by atoms with van der Waals surface area (Å²) in [5.74, 6) is 0.916. The highest BCUT2D eigenvalue weighted by molar-refractivity contribution is 5.60. The van der Waals surface area contributed by atoms with Crippen molar-refractivity contribution in [1.29, 1.82) is 0 Å². The molecule has 0 saturated carbocycles. The first-order chi connectivity index (χ1) is 10.2. The van der Waals surface area contributed by atoms with Gasteiger partial charge in [0.15, 0.2) is 0 Å². The Hall–Kier alpha value is -1.30. The van der Waals surface area contributed by atoms with Crippen LogP contribution in [0.1, 0.15) is 18.9 Å². The second-order valence-corrected chi connectivity index (χ2v) is 5.57. The van der Waals surface area contributed by atoms with Crippen molar-refractivity contribution < 1.29 is 9.84 Å². The van der Waals surface area contributed by atoms with Crippen molar-refractivity contribution in [3.63, 3.8) is 0 Å². The molecule has 118 valence electrons. The van der Waals surface area contributed by atoms with E-state index < -0.39 is 0 Å². The van der Waals surface area contributed by atoms with Crippen molar-refractivity contribution in [2.45, 2.75) is 25.8 Å². The number of nitrogens with one attached hydrogen (secondary N) is 1. The predicted molar refractivity (Wildman–Crippen MR) is 86.1 cm³/mol. The Morgan fingerprint density at radius 3 is 3.05 bits per heavy atom. The summed E-state index contributed by atoms with van der Waals surface area (Å²) in [7, 11) is 0. The average molecular weight is 293 g/mol. The summed E-state index contributed by atoms with van der Waals surface area (Å²) in [4.78, 5) is 2.36. The van der Waals surface area contributed by atoms with Gasteiger partial charge in [0, 0.05) is 32.3 Å². The van der Waals surface area contributed by atoms with E-state index in [1.165, 1.54) is 0 Å². The Morgan fingerprint density at radius 2 is 2.33 bits per heavy atom. The number of nitrogens with zero attached hydrogens (tertiary/aromatic N) is 1. The topological polar surface area (TPSA) is 70.8 Å². The van der Waals surface area contributed by atoms with Gasteiger partial charge in [0.2, 0.25) is 0 Å². The lowest BCUT2D eigenvalue weighted by atomic mass is 10.1. The van der Waals surface area contributed by atoms with Gasteiger partial charge in [-0.25, -0.2) is 0 Å². The molecule has 1 atom stereocenters. The molecule has 1 saturated heterocycles. The molecule has 5 nitrogen and oxygen atoms in total. The van der Waals surface area contributed by atoms with Crippen LogP contribution in [0.25, 0.3) is 0 Å². The Bertz CT molecular complexity index is 440. The fourth-order valence-corrected chi connectivity index (χ4v) is 2.63. The van der Waals surface area contributed by atoms with E-state index in [4.69, 9.17) is 15.6 Å². The van der Waals surface area contributed by atoms with Gasteiger partial charge in [0.25, 0.3) is 0 Å². The number of ether oxygens (including phenoxy) is 1. The van der Waals surface area contributed by atoms with Crippen molar-refractivity contribution in [2.75, 3.05) is 44.3 Å². The molecular weight excluding hydrogens is 266 g/mol. The molecule has 4 N–H and O–H groups in total. The van der Waals surface area contributed by atoms with Crippen LogP contribution in [-0.4, -0.2) is 50.5 Å². The maximum atomic E-state index is 9.14. The standard InChI is InChI=1S/C16H27N3O2/c1-13-12-19(8-7-18-13)15-11-14(5-9-20)3-4-16(15)21-10-2-6-17/h3-4,11,13,18,20H,2,5-10,12,17H2,1H3. The van der Waals surface area contributed by atoms with E-state index in [-0.39, 0.29) is 6.61 Å². The highest BCUT2D eigenvalue weighted by Crippen LogP contribution is 2.30. The first kappa shape index (κ1) is 16.1. The lowest BCUT2D eigenvalue weighted by Crippen LogP contribution is -2.49. The average Bonchev–Trinajstić information content (AvgIpc) is 2.49. The first-order valence-corrected chi connectivity index (χ1v) is 7.79. The van der Waals surface area contributed by atoms with Gasteiger partial charge in [0.1, 0.15) is 5.75 Å². The zero-order valence-corrected chi connectivity index (χ0v) is 12.8. The number of benzene rings is 1. The summed E-state index contributed by atoms with van der Waals surface area (Å²) >= 11 is 0. The van der Waals surface area contributed by atoms with Crippen molar-refractivity contribution in [2.24, 2.45) is 5.73 Å². The van der Waals surface area contributed by atoms with Crippen LogP contribution in [0.5, 0.6) is 5.75 Å². The fourth-order valence-electron chi connectivity index (χ4n) is 2.63. The summed E-state index contributed by atoms with van der Waals surface area (Å²) in [6, 6.07) is 6.66. The Labute approximate surface area is 127 Å². The molecule has 1 fully saturated rings. The van der Waals surface area contributed by atoms with Crippen LogP contribution in [0.15, 0.2) is 18.2 Å². The van der Waals surface area contributed by atoms with Crippen molar-refractivity contribution in [1.82, 2.24) is 5.32 Å². The van der Waals surface area contributed by atoms with Gasteiger partial charge in [-0.1, -0.05) is 6.07 Å². The molecule has 1 aromatic carbocycles. The molecule has 1 aliphatic heterocycles. The lowest BCUT2D eigenvalue weighted by Gasteiger charge is -2.34. The van der Waals surface area contributed by atoms with Gasteiger partial charge in [-0.2, -0.15) is 0 Å². The molecule has 0 amide bonds. The Balaban J connectivity index is 2.17. The molecule has 2 rings (SSSR count). The Morgan fingerprint density at radius 1 is 1.48 bits per heavy atom. The maximum absolute atomic E-state index is 9.14. The molecule has 21 heavy (non-hydrogen) atoms. The van der Waals surface area contributed by atoms with Crippen LogP contribution >= 0.6 is 0 Å². The van der Waals surface area contributed by atoms with Gasteiger partial charge < -0.3 is 25.8 Å². The van der Waals surface area contributed by atoms with Crippen molar-refractivity contribution >= 4 is 5.69 Å². The Kier molecular flexibility index (Phi) is 6.29. The highest BCUT2D eigenvalue weighted by Gasteiger charge is 2.19. The van der Waals surface area contributed by atoms with E-state index in [9.17, 15) is 0 Å². The third-order valence-corrected chi connectivity index (χ3v) is 3.74. The second-order valence-electron chi connectivity index (χ2n) is 5.57. The van der Waals surface area contributed by atoms with Gasteiger partial charge in [-0.3, -0.25) is 0 Å². The van der Waals surface area contributed by atoms with Crippen molar-refractivity contribution in [3.05, 3.63) is 23.8 Å². The zero-order valence-electron chi connectivity index (χ0n) is 12.8. The zero-order chi connectivity index (χ0) is 15.1. The van der Waals surface area contributed by atoms with Crippen LogP contribution in [0.2, 0.25) is 0 Å². The summed E-state index contributed by atoms with van der Waals surface area (Å²) in [5.41, 5.74) is 7.80. The van der Waals surface area contributed by atoms with Crippen molar-refractivity contribution in [3.8, 4) is 5.75 Å². The van der Waals surface area contributed by atoms with Gasteiger partial charge in [-0.15, -0.1) is 0 Å². The normalized spacial score (nSPS) is 18.8. The third-order valence-electron chi connectivity index (χ3n) is 3.74. The number of hydrogen-bond donors (Lipinski definition) is 3. The van der Waals surface area contributed by atoms with Crippen LogP contribution < -0.4 is 20.7 Å². The first-order valence-electron chi connectivity index (χ1n) is 7.79. The number of rotatable bonds is 7. The summed E-state index contributed by atoms with van der Waals surface area (Å²) in [6.45, 7) is 6.57. The minimum absolute atomic E-state index is 0.171. The summed E-state index contributed by atoms with van der Waals surface area (Å²) < 4.78 is 5.89. The quantitative estimate of drug-likeness (QED) is 0.647. The molecule has 0 bridgehead atoms. The molecule has 0 aromatic heterocycles. The molecular formula is C16H27N3O2. The van der Waals surface area contributed by atoms with Crippen LogP contribution in [-0.2, 0) is 6.42 Å². The van der Waals surface area contributed by atoms with E-state index in [1.807, 2.05) is 12.1 Å². The molecule has 1 heterocycles. The third kappa shape index (κ3) is 4.59. The minimum atomic E-state index is 0.171. The van der Waals surface area contributed by atoms with Gasteiger partial charge in [0.05, 0.1) is 12.3 Å². The molecule has 0 spiro atoms. The SMILES string of the molecule is CC1CN(c2cc(CCO)ccc2OCCCN)CCN1. The number of anilines is 1. The lowest BCUT2D eigenvalue weighted by molar-refractivity contribution is 0.299. The van der Waals surface area contributed by atoms with E-state index in [0.29, 0.717) is 25.6 Å². The minimum Gasteiger partial charge on any atom is -0.491 e. The number of hydrogen-bond acceptors (Lipinski definition) is 5. The molecule has 0 radical (unpaired) electrons. The smallest absolute Gasteiger partial charge is 0.142 e. The van der Waals surface area contributed by atoms with Crippen LogP contribution in [0, 0.1) is 0 Å². The second kappa shape index (κ2) is 8.22. The predicted octanol–water partition coefficient (Wildman–Crippen LogP) is 0.747. The summed E-state index contributed by atoms with van der Waals surface area (Å²) in [6.07, 6.45) is 1.54. The van der Waals surface area contributed by atoms with Crippen LogP contribution in [0.4, 0.5) is 5.69 Å².